The fourth-order valence-electron chi connectivity index (χ4n) is 2.53. The van der Waals surface area contributed by atoms with Crippen LogP contribution in [-0.4, -0.2) is 16.0 Å². The molecule has 2 aliphatic rings. The SMILES string of the molecule is O=C1C[C@H](c2nc(C3CC3)no2)c2ccccc2N1. The van der Waals surface area contributed by atoms with Crippen LogP contribution in [0.5, 0.6) is 0 Å². The number of fused-ring (bicyclic) bond motifs is 1. The van der Waals surface area contributed by atoms with Crippen molar-refractivity contribution in [2.24, 2.45) is 0 Å². The van der Waals surface area contributed by atoms with E-state index in [0.717, 1.165) is 29.9 Å². The van der Waals surface area contributed by atoms with Crippen molar-refractivity contribution in [1.29, 1.82) is 0 Å². The van der Waals surface area contributed by atoms with Crippen LogP contribution in [0.25, 0.3) is 0 Å². The summed E-state index contributed by atoms with van der Waals surface area (Å²) < 4.78 is 5.37. The average Bonchev–Trinajstić information content (AvgIpc) is 3.16. The van der Waals surface area contributed by atoms with Crippen LogP contribution in [-0.2, 0) is 4.79 Å². The van der Waals surface area contributed by atoms with E-state index in [9.17, 15) is 4.79 Å². The Kier molecular flexibility index (Phi) is 2.21. The first kappa shape index (κ1) is 10.7. The highest BCUT2D eigenvalue weighted by Gasteiger charge is 2.33. The number of nitrogens with one attached hydrogen (secondary N) is 1. The first-order valence-corrected chi connectivity index (χ1v) is 6.53. The molecule has 0 bridgehead atoms. The Labute approximate surface area is 110 Å². The van der Waals surface area contributed by atoms with E-state index in [1.807, 2.05) is 24.3 Å². The molecule has 1 atom stereocenters. The number of nitrogens with zero attached hydrogens (tertiary/aromatic N) is 2. The maximum atomic E-state index is 11.8. The van der Waals surface area contributed by atoms with Gasteiger partial charge in [-0.05, 0) is 24.5 Å². The molecule has 1 N–H and O–H groups in total. The van der Waals surface area contributed by atoms with Crippen LogP contribution in [0, 0.1) is 0 Å². The second-order valence-corrected chi connectivity index (χ2v) is 5.16. The van der Waals surface area contributed by atoms with E-state index in [1.54, 1.807) is 0 Å². The number of carbonyl (C=O) groups is 1. The molecule has 5 heteroatoms. The number of anilines is 1. The van der Waals surface area contributed by atoms with Crippen molar-refractivity contribution in [1.82, 2.24) is 10.1 Å². The van der Waals surface area contributed by atoms with Crippen molar-refractivity contribution in [3.8, 4) is 0 Å². The number of carbonyl (C=O) groups excluding carboxylic acids is 1. The molecule has 4 rings (SSSR count). The van der Waals surface area contributed by atoms with Crippen LogP contribution in [0.4, 0.5) is 5.69 Å². The maximum absolute atomic E-state index is 11.8. The number of hydrogen-bond donors (Lipinski definition) is 1. The number of benzene rings is 1. The molecule has 96 valence electrons. The summed E-state index contributed by atoms with van der Waals surface area (Å²) in [7, 11) is 0. The van der Waals surface area contributed by atoms with Crippen LogP contribution in [0.1, 0.15) is 48.4 Å². The molecular formula is C14H13N3O2. The average molecular weight is 255 g/mol. The molecule has 1 aromatic carbocycles. The fourth-order valence-corrected chi connectivity index (χ4v) is 2.53. The van der Waals surface area contributed by atoms with Gasteiger partial charge in [-0.25, -0.2) is 0 Å². The second kappa shape index (κ2) is 3.91. The van der Waals surface area contributed by atoms with Crippen LogP contribution in [0.3, 0.4) is 0 Å². The minimum atomic E-state index is -0.120. The molecule has 0 radical (unpaired) electrons. The van der Waals surface area contributed by atoms with Gasteiger partial charge in [0, 0.05) is 18.0 Å². The predicted octanol–water partition coefficient (Wildman–Crippen LogP) is 2.42. The third kappa shape index (κ3) is 1.82. The van der Waals surface area contributed by atoms with Gasteiger partial charge in [-0.1, -0.05) is 23.4 Å². The van der Waals surface area contributed by atoms with Gasteiger partial charge < -0.3 is 9.84 Å². The third-order valence-electron chi connectivity index (χ3n) is 3.70. The monoisotopic (exact) mass is 255 g/mol. The van der Waals surface area contributed by atoms with E-state index in [-0.39, 0.29) is 11.8 Å². The molecule has 1 aromatic heterocycles. The first-order valence-electron chi connectivity index (χ1n) is 6.53. The Morgan fingerprint density at radius 1 is 1.26 bits per heavy atom. The van der Waals surface area contributed by atoms with Crippen LogP contribution >= 0.6 is 0 Å². The Bertz CT molecular complexity index is 646. The lowest BCUT2D eigenvalue weighted by molar-refractivity contribution is -0.116. The topological polar surface area (TPSA) is 68.0 Å². The van der Waals surface area contributed by atoms with Gasteiger partial charge in [0.25, 0.3) is 0 Å². The number of aromatic nitrogens is 2. The Balaban J connectivity index is 1.75. The van der Waals surface area contributed by atoms with Gasteiger partial charge in [0.15, 0.2) is 5.82 Å². The van der Waals surface area contributed by atoms with E-state index >= 15 is 0 Å². The second-order valence-electron chi connectivity index (χ2n) is 5.16. The highest BCUT2D eigenvalue weighted by molar-refractivity contribution is 5.95. The van der Waals surface area contributed by atoms with E-state index in [0.29, 0.717) is 18.2 Å². The summed E-state index contributed by atoms with van der Waals surface area (Å²) in [4.78, 5) is 16.2. The smallest absolute Gasteiger partial charge is 0.234 e. The minimum absolute atomic E-state index is 0.00475. The van der Waals surface area contributed by atoms with Crippen molar-refractivity contribution in [2.75, 3.05) is 5.32 Å². The summed E-state index contributed by atoms with van der Waals surface area (Å²) in [6.07, 6.45) is 2.64. The van der Waals surface area contributed by atoms with Gasteiger partial charge in [0.1, 0.15) is 0 Å². The van der Waals surface area contributed by atoms with E-state index < -0.39 is 0 Å². The standard InChI is InChI=1S/C14H13N3O2/c18-12-7-10(9-3-1-2-4-11(9)15-12)14-16-13(17-19-14)8-5-6-8/h1-4,8,10H,5-7H2,(H,15,18)/t10-/m0/s1. The number of para-hydroxylation sites is 1. The number of amides is 1. The van der Waals surface area contributed by atoms with Gasteiger partial charge in [-0.3, -0.25) is 4.79 Å². The normalized spacial score (nSPS) is 21.9. The quantitative estimate of drug-likeness (QED) is 0.894. The number of hydrogen-bond acceptors (Lipinski definition) is 4. The molecule has 1 aliphatic heterocycles. The van der Waals surface area contributed by atoms with Crippen LogP contribution < -0.4 is 5.32 Å². The summed E-state index contributed by atoms with van der Waals surface area (Å²) in [6.45, 7) is 0. The summed E-state index contributed by atoms with van der Waals surface area (Å²) >= 11 is 0. The van der Waals surface area contributed by atoms with Crippen molar-refractivity contribution < 1.29 is 9.32 Å². The molecule has 0 saturated heterocycles. The van der Waals surface area contributed by atoms with Gasteiger partial charge in [-0.2, -0.15) is 4.98 Å². The van der Waals surface area contributed by atoms with Crippen LogP contribution in [0.15, 0.2) is 28.8 Å². The van der Waals surface area contributed by atoms with E-state index in [1.165, 1.54) is 0 Å². The summed E-state index contributed by atoms with van der Waals surface area (Å²) in [5, 5.41) is 6.91. The van der Waals surface area contributed by atoms with Gasteiger partial charge in [0.2, 0.25) is 11.8 Å². The van der Waals surface area contributed by atoms with E-state index in [4.69, 9.17) is 4.52 Å². The van der Waals surface area contributed by atoms with Crippen molar-refractivity contribution in [3.63, 3.8) is 0 Å². The Morgan fingerprint density at radius 3 is 2.95 bits per heavy atom. The summed E-state index contributed by atoms with van der Waals surface area (Å²) in [5.74, 6) is 1.69. The largest absolute Gasteiger partial charge is 0.339 e. The maximum Gasteiger partial charge on any atom is 0.234 e. The molecule has 19 heavy (non-hydrogen) atoms. The first-order chi connectivity index (χ1) is 9.31. The van der Waals surface area contributed by atoms with Crippen LogP contribution in [0.2, 0.25) is 0 Å². The van der Waals surface area contributed by atoms with E-state index in [2.05, 4.69) is 15.5 Å². The lowest BCUT2D eigenvalue weighted by Crippen LogP contribution is -2.23. The number of rotatable bonds is 2. The Hall–Kier alpha value is -2.17. The molecule has 1 amide bonds. The predicted molar refractivity (Wildman–Crippen MR) is 67.8 cm³/mol. The molecular weight excluding hydrogens is 242 g/mol. The highest BCUT2D eigenvalue weighted by Crippen LogP contribution is 2.40. The highest BCUT2D eigenvalue weighted by atomic mass is 16.5. The molecule has 1 fully saturated rings. The minimum Gasteiger partial charge on any atom is -0.339 e. The molecule has 0 spiro atoms. The summed E-state index contributed by atoms with van der Waals surface area (Å²) in [5.41, 5.74) is 1.89. The zero-order valence-corrected chi connectivity index (χ0v) is 10.3. The zero-order chi connectivity index (χ0) is 12.8. The Morgan fingerprint density at radius 2 is 2.11 bits per heavy atom. The van der Waals surface area contributed by atoms with Gasteiger partial charge in [-0.15, -0.1) is 0 Å². The molecule has 5 nitrogen and oxygen atoms in total. The van der Waals surface area contributed by atoms with Crippen molar-refractivity contribution >= 4 is 11.6 Å². The fraction of sp³-hybridized carbons (Fsp3) is 0.357. The lowest BCUT2D eigenvalue weighted by Gasteiger charge is -2.22. The summed E-state index contributed by atoms with van der Waals surface area (Å²) in [6, 6.07) is 7.77. The van der Waals surface area contributed by atoms with Gasteiger partial charge in [0.05, 0.1) is 5.92 Å². The lowest BCUT2D eigenvalue weighted by atomic mass is 9.90. The molecule has 0 unspecified atom stereocenters. The molecule has 2 heterocycles. The van der Waals surface area contributed by atoms with Crippen molar-refractivity contribution in [3.05, 3.63) is 41.5 Å². The zero-order valence-electron chi connectivity index (χ0n) is 10.3. The van der Waals surface area contributed by atoms with Crippen molar-refractivity contribution in [2.45, 2.75) is 31.1 Å². The molecule has 1 saturated carbocycles. The molecule has 2 aromatic rings. The van der Waals surface area contributed by atoms with Gasteiger partial charge >= 0.3 is 0 Å². The third-order valence-corrected chi connectivity index (χ3v) is 3.70. The molecule has 1 aliphatic carbocycles.